The Balaban J connectivity index is 2.39. The van der Waals surface area contributed by atoms with Crippen molar-refractivity contribution in [2.24, 2.45) is 0 Å². The van der Waals surface area contributed by atoms with E-state index in [1.807, 2.05) is 17.8 Å². The van der Waals surface area contributed by atoms with Crippen molar-refractivity contribution in [3.05, 3.63) is 24.3 Å². The highest BCUT2D eigenvalue weighted by molar-refractivity contribution is 7.99. The molecule has 0 amide bonds. The quantitative estimate of drug-likeness (QED) is 0.489. The molecule has 1 nitrogen and oxygen atoms in total. The number of hydrogen-bond donors (Lipinski definition) is 0. The predicted molar refractivity (Wildman–Crippen MR) is 50.4 cm³/mol. The summed E-state index contributed by atoms with van der Waals surface area (Å²) in [5.41, 5.74) is 1.27. The molecular formula is C8H8ClNS. The molecule has 0 bridgehead atoms. The third-order valence-corrected chi connectivity index (χ3v) is 3.11. The second kappa shape index (κ2) is 2.95. The number of benzene rings is 1. The maximum absolute atomic E-state index is 5.75. The van der Waals surface area contributed by atoms with Crippen LogP contribution >= 0.6 is 23.4 Å². The second-order valence-electron chi connectivity index (χ2n) is 2.40. The molecule has 1 heterocycles. The smallest absolute Gasteiger partial charge is 0.0937 e. The van der Waals surface area contributed by atoms with Gasteiger partial charge in [-0.3, -0.25) is 0 Å². The first-order valence-corrected chi connectivity index (χ1v) is 4.96. The molecule has 0 N–H and O–H groups in total. The lowest BCUT2D eigenvalue weighted by molar-refractivity contribution is 1.06. The number of anilines is 1. The van der Waals surface area contributed by atoms with Crippen molar-refractivity contribution in [2.45, 2.75) is 4.90 Å². The van der Waals surface area contributed by atoms with E-state index in [0.29, 0.717) is 6.00 Å². The Hall–Kier alpha value is -0.340. The molecule has 11 heavy (non-hydrogen) atoms. The first-order chi connectivity index (χ1) is 5.42. The second-order valence-corrected chi connectivity index (χ2v) is 3.63. The summed E-state index contributed by atoms with van der Waals surface area (Å²) in [6.45, 7) is 0. The van der Waals surface area contributed by atoms with Crippen molar-refractivity contribution in [1.29, 1.82) is 0 Å². The minimum absolute atomic E-state index is 0.587. The molecule has 0 fully saturated rings. The van der Waals surface area contributed by atoms with E-state index < -0.39 is 0 Å². The van der Waals surface area contributed by atoms with Crippen LogP contribution in [-0.2, 0) is 0 Å². The van der Waals surface area contributed by atoms with Crippen LogP contribution < -0.4 is 4.90 Å². The van der Waals surface area contributed by atoms with Crippen molar-refractivity contribution in [3.63, 3.8) is 0 Å². The molecule has 1 aliphatic rings. The average molecular weight is 186 g/mol. The molecule has 0 aliphatic carbocycles. The SMILES string of the molecule is ClCN1CSc2ccccc21. The van der Waals surface area contributed by atoms with Gasteiger partial charge in [0.15, 0.2) is 0 Å². The van der Waals surface area contributed by atoms with Crippen molar-refractivity contribution in [3.8, 4) is 0 Å². The number of fused-ring (bicyclic) bond motifs is 1. The van der Waals surface area contributed by atoms with Gasteiger partial charge < -0.3 is 4.90 Å². The summed E-state index contributed by atoms with van der Waals surface area (Å²) in [6, 6.07) is 8.93. The van der Waals surface area contributed by atoms with E-state index in [2.05, 4.69) is 23.1 Å². The van der Waals surface area contributed by atoms with E-state index >= 15 is 0 Å². The summed E-state index contributed by atoms with van der Waals surface area (Å²) in [5, 5.41) is 0. The van der Waals surface area contributed by atoms with Gasteiger partial charge in [0, 0.05) is 4.90 Å². The van der Waals surface area contributed by atoms with Crippen LogP contribution in [0.5, 0.6) is 0 Å². The van der Waals surface area contributed by atoms with Gasteiger partial charge in [-0.15, -0.1) is 23.4 Å². The van der Waals surface area contributed by atoms with Gasteiger partial charge in [-0.2, -0.15) is 0 Å². The van der Waals surface area contributed by atoms with Crippen LogP contribution in [0.25, 0.3) is 0 Å². The molecule has 0 saturated carbocycles. The Morgan fingerprint density at radius 2 is 2.27 bits per heavy atom. The lowest BCUT2D eigenvalue weighted by atomic mass is 10.3. The average Bonchev–Trinajstić information content (AvgIpc) is 2.47. The van der Waals surface area contributed by atoms with Crippen LogP contribution in [0.1, 0.15) is 0 Å². The van der Waals surface area contributed by atoms with Crippen LogP contribution in [0.15, 0.2) is 29.2 Å². The van der Waals surface area contributed by atoms with Crippen molar-refractivity contribution in [1.82, 2.24) is 0 Å². The van der Waals surface area contributed by atoms with Crippen molar-refractivity contribution >= 4 is 29.1 Å². The number of halogens is 1. The number of nitrogens with zero attached hydrogens (tertiary/aromatic N) is 1. The van der Waals surface area contributed by atoms with Crippen LogP contribution in [0.2, 0.25) is 0 Å². The Morgan fingerprint density at radius 3 is 3.09 bits per heavy atom. The molecule has 0 atom stereocenters. The lowest BCUT2D eigenvalue weighted by Gasteiger charge is -2.12. The molecule has 1 aromatic rings. The fraction of sp³-hybridized carbons (Fsp3) is 0.250. The summed E-state index contributed by atoms with van der Waals surface area (Å²) in [7, 11) is 0. The van der Waals surface area contributed by atoms with Crippen LogP contribution in [0.3, 0.4) is 0 Å². The van der Waals surface area contributed by atoms with E-state index in [9.17, 15) is 0 Å². The van der Waals surface area contributed by atoms with E-state index in [4.69, 9.17) is 11.6 Å². The van der Waals surface area contributed by atoms with Crippen LogP contribution in [0.4, 0.5) is 5.69 Å². The van der Waals surface area contributed by atoms with Gasteiger partial charge in [0.1, 0.15) is 0 Å². The molecule has 2 rings (SSSR count). The third kappa shape index (κ3) is 1.21. The summed E-state index contributed by atoms with van der Waals surface area (Å²) < 4.78 is 0. The fourth-order valence-electron chi connectivity index (χ4n) is 1.16. The number of hydrogen-bond acceptors (Lipinski definition) is 2. The molecule has 1 aromatic carbocycles. The molecule has 0 saturated heterocycles. The fourth-order valence-corrected chi connectivity index (χ4v) is 2.51. The zero-order chi connectivity index (χ0) is 7.68. The number of thioether (sulfide) groups is 1. The first kappa shape index (κ1) is 7.32. The van der Waals surface area contributed by atoms with Crippen LogP contribution in [-0.4, -0.2) is 11.9 Å². The van der Waals surface area contributed by atoms with Crippen LogP contribution in [0, 0.1) is 0 Å². The Labute approximate surface area is 75.3 Å². The summed E-state index contributed by atoms with van der Waals surface area (Å²) in [4.78, 5) is 3.50. The first-order valence-electron chi connectivity index (χ1n) is 3.44. The minimum Gasteiger partial charge on any atom is -0.347 e. The zero-order valence-corrected chi connectivity index (χ0v) is 7.53. The molecule has 58 valence electrons. The van der Waals surface area contributed by atoms with E-state index in [1.54, 1.807) is 0 Å². The summed E-state index contributed by atoms with van der Waals surface area (Å²) in [6.07, 6.45) is 0. The summed E-state index contributed by atoms with van der Waals surface area (Å²) in [5.74, 6) is 0.989. The van der Waals surface area contributed by atoms with E-state index in [1.165, 1.54) is 10.6 Å². The molecule has 1 aliphatic heterocycles. The van der Waals surface area contributed by atoms with Gasteiger partial charge in [-0.1, -0.05) is 12.1 Å². The van der Waals surface area contributed by atoms with Crippen molar-refractivity contribution in [2.75, 3.05) is 16.8 Å². The maximum atomic E-state index is 5.75. The topological polar surface area (TPSA) is 3.24 Å². The maximum Gasteiger partial charge on any atom is 0.0937 e. The van der Waals surface area contributed by atoms with E-state index in [-0.39, 0.29) is 0 Å². The zero-order valence-electron chi connectivity index (χ0n) is 5.96. The number of para-hydroxylation sites is 1. The molecular weight excluding hydrogens is 178 g/mol. The summed E-state index contributed by atoms with van der Waals surface area (Å²) >= 11 is 7.59. The van der Waals surface area contributed by atoms with Gasteiger partial charge in [-0.25, -0.2) is 0 Å². The highest BCUT2D eigenvalue weighted by Crippen LogP contribution is 2.37. The normalized spacial score (nSPS) is 15.2. The highest BCUT2D eigenvalue weighted by atomic mass is 35.5. The molecule has 0 unspecified atom stereocenters. The highest BCUT2D eigenvalue weighted by Gasteiger charge is 2.16. The van der Waals surface area contributed by atoms with Gasteiger partial charge in [0.2, 0.25) is 0 Å². The third-order valence-electron chi connectivity index (χ3n) is 1.73. The van der Waals surface area contributed by atoms with Gasteiger partial charge in [-0.05, 0) is 12.1 Å². The number of alkyl halides is 1. The minimum atomic E-state index is 0.587. The van der Waals surface area contributed by atoms with E-state index in [0.717, 1.165) is 5.88 Å². The van der Waals surface area contributed by atoms with Gasteiger partial charge in [0.25, 0.3) is 0 Å². The van der Waals surface area contributed by atoms with Gasteiger partial charge >= 0.3 is 0 Å². The molecule has 0 aromatic heterocycles. The standard InChI is InChI=1S/C8H8ClNS/c9-5-10-6-11-8-4-2-1-3-7(8)10/h1-4H,5-6H2. The Morgan fingerprint density at radius 1 is 1.45 bits per heavy atom. The molecule has 3 heteroatoms. The Bertz CT molecular complexity index is 264. The largest absolute Gasteiger partial charge is 0.347 e. The number of rotatable bonds is 1. The molecule has 0 spiro atoms. The Kier molecular flexibility index (Phi) is 1.96. The van der Waals surface area contributed by atoms with Crippen molar-refractivity contribution < 1.29 is 0 Å². The monoisotopic (exact) mass is 185 g/mol. The molecule has 0 radical (unpaired) electrons. The van der Waals surface area contributed by atoms with Gasteiger partial charge in [0.05, 0.1) is 17.6 Å². The lowest BCUT2D eigenvalue weighted by Crippen LogP contribution is -2.15. The predicted octanol–water partition coefficient (Wildman–Crippen LogP) is 2.75.